The maximum atomic E-state index is 11.7. The molecule has 0 aromatic heterocycles. The van der Waals surface area contributed by atoms with E-state index in [1.165, 1.54) is 29.5 Å². The number of rotatable bonds is 3. The molecule has 134 valence electrons. The normalized spacial score (nSPS) is 23.3. The van der Waals surface area contributed by atoms with E-state index in [1.807, 2.05) is 24.3 Å². The molecule has 26 heavy (non-hydrogen) atoms. The molecule has 0 saturated carbocycles. The van der Waals surface area contributed by atoms with Crippen molar-refractivity contribution >= 4 is 11.7 Å². The Morgan fingerprint density at radius 3 is 2.62 bits per heavy atom. The first-order chi connectivity index (χ1) is 12.6. The summed E-state index contributed by atoms with van der Waals surface area (Å²) >= 11 is 0. The summed E-state index contributed by atoms with van der Waals surface area (Å²) < 4.78 is 4.80. The number of nitrogens with one attached hydrogen (secondary N) is 1. The minimum Gasteiger partial charge on any atom is -0.465 e. The molecule has 0 amide bonds. The zero-order valence-corrected chi connectivity index (χ0v) is 15.5. The summed E-state index contributed by atoms with van der Waals surface area (Å²) in [6.45, 7) is 4.48. The molecule has 1 aliphatic carbocycles. The Morgan fingerprint density at radius 2 is 1.92 bits per heavy atom. The Balaban J connectivity index is 1.68. The van der Waals surface area contributed by atoms with Gasteiger partial charge in [0.15, 0.2) is 0 Å². The van der Waals surface area contributed by atoms with Gasteiger partial charge in [-0.05, 0) is 53.1 Å². The van der Waals surface area contributed by atoms with Crippen molar-refractivity contribution in [3.05, 3.63) is 76.9 Å². The molecule has 3 heteroatoms. The van der Waals surface area contributed by atoms with Crippen molar-refractivity contribution in [3.63, 3.8) is 0 Å². The number of hydrogen-bond donors (Lipinski definition) is 1. The summed E-state index contributed by atoms with van der Waals surface area (Å²) in [4.78, 5) is 11.7. The Bertz CT molecular complexity index is 851. The minimum absolute atomic E-state index is 0.249. The van der Waals surface area contributed by atoms with Gasteiger partial charge in [0.05, 0.1) is 18.7 Å². The van der Waals surface area contributed by atoms with E-state index < -0.39 is 0 Å². The lowest BCUT2D eigenvalue weighted by Crippen LogP contribution is -2.29. The van der Waals surface area contributed by atoms with Gasteiger partial charge in [-0.3, -0.25) is 0 Å². The first kappa shape index (κ1) is 16.9. The summed E-state index contributed by atoms with van der Waals surface area (Å²) in [5, 5.41) is 3.76. The third-order valence-electron chi connectivity index (χ3n) is 5.74. The molecule has 2 aliphatic rings. The number of esters is 1. The second-order valence-corrected chi connectivity index (χ2v) is 7.59. The van der Waals surface area contributed by atoms with E-state index in [9.17, 15) is 4.79 Å². The third-order valence-corrected chi connectivity index (χ3v) is 5.74. The van der Waals surface area contributed by atoms with Gasteiger partial charge in [0.2, 0.25) is 0 Å². The number of anilines is 1. The van der Waals surface area contributed by atoms with Crippen LogP contribution in [-0.4, -0.2) is 13.1 Å². The number of hydrogen-bond acceptors (Lipinski definition) is 3. The van der Waals surface area contributed by atoms with Crippen molar-refractivity contribution in [1.82, 2.24) is 0 Å². The second kappa shape index (κ2) is 6.64. The van der Waals surface area contributed by atoms with Crippen molar-refractivity contribution in [3.8, 4) is 0 Å². The van der Waals surface area contributed by atoms with Gasteiger partial charge in [0.1, 0.15) is 0 Å². The van der Waals surface area contributed by atoms with Gasteiger partial charge in [-0.2, -0.15) is 0 Å². The SMILES string of the molecule is COC(=O)c1ccc([C@@H]2Nc3ccc(C(C)C)cc3[C@@H]3C=CC[C@@H]32)cc1. The molecule has 0 fully saturated rings. The van der Waals surface area contributed by atoms with Gasteiger partial charge in [0, 0.05) is 11.6 Å². The monoisotopic (exact) mass is 347 g/mol. The second-order valence-electron chi connectivity index (χ2n) is 7.59. The molecular weight excluding hydrogens is 322 g/mol. The lowest BCUT2D eigenvalue weighted by molar-refractivity contribution is 0.0600. The lowest BCUT2D eigenvalue weighted by Gasteiger charge is -2.38. The number of benzene rings is 2. The highest BCUT2D eigenvalue weighted by molar-refractivity contribution is 5.89. The highest BCUT2D eigenvalue weighted by atomic mass is 16.5. The topological polar surface area (TPSA) is 38.3 Å². The fourth-order valence-electron chi connectivity index (χ4n) is 4.25. The average Bonchev–Trinajstić information content (AvgIpc) is 3.16. The fraction of sp³-hybridized carbons (Fsp3) is 0.348. The first-order valence-electron chi connectivity index (χ1n) is 9.34. The predicted molar refractivity (Wildman–Crippen MR) is 105 cm³/mol. The summed E-state index contributed by atoms with van der Waals surface area (Å²) in [6, 6.07) is 14.9. The highest BCUT2D eigenvalue weighted by Gasteiger charge is 2.38. The van der Waals surface area contributed by atoms with Crippen molar-refractivity contribution in [1.29, 1.82) is 0 Å². The molecule has 1 heterocycles. The van der Waals surface area contributed by atoms with Crippen molar-refractivity contribution in [2.45, 2.75) is 38.1 Å². The van der Waals surface area contributed by atoms with Gasteiger partial charge in [-0.15, -0.1) is 0 Å². The molecule has 1 aliphatic heterocycles. The van der Waals surface area contributed by atoms with Crippen LogP contribution in [0.2, 0.25) is 0 Å². The van der Waals surface area contributed by atoms with E-state index in [2.05, 4.69) is 49.5 Å². The van der Waals surface area contributed by atoms with Crippen LogP contribution >= 0.6 is 0 Å². The Labute approximate surface area is 155 Å². The Morgan fingerprint density at radius 1 is 1.15 bits per heavy atom. The number of carbonyl (C=O) groups excluding carboxylic acids is 1. The maximum absolute atomic E-state index is 11.7. The van der Waals surface area contributed by atoms with E-state index in [1.54, 1.807) is 0 Å². The average molecular weight is 347 g/mol. The third kappa shape index (κ3) is 2.82. The number of fused-ring (bicyclic) bond motifs is 3. The molecule has 2 aromatic rings. The standard InChI is InChI=1S/C23H25NO2/c1-14(2)17-11-12-21-20(13-17)18-5-4-6-19(18)22(24-21)15-7-9-16(10-8-15)23(25)26-3/h4-5,7-14,18-19,22,24H,6H2,1-3H3/t18-,19+,22+/m1/s1. The van der Waals surface area contributed by atoms with Gasteiger partial charge in [-0.1, -0.05) is 50.3 Å². The van der Waals surface area contributed by atoms with Gasteiger partial charge in [0.25, 0.3) is 0 Å². The number of allylic oxidation sites excluding steroid dienone is 2. The number of ether oxygens (including phenoxy) is 1. The van der Waals surface area contributed by atoms with Crippen LogP contribution in [0.4, 0.5) is 5.69 Å². The summed E-state index contributed by atoms with van der Waals surface area (Å²) in [7, 11) is 1.41. The highest BCUT2D eigenvalue weighted by Crippen LogP contribution is 2.50. The molecular formula is C23H25NO2. The molecule has 0 bridgehead atoms. The first-order valence-corrected chi connectivity index (χ1v) is 9.34. The van der Waals surface area contributed by atoms with Crippen LogP contribution in [0.1, 0.15) is 65.2 Å². The Kier molecular flexibility index (Phi) is 4.31. The summed E-state index contributed by atoms with van der Waals surface area (Å²) in [5.41, 5.74) is 5.84. The van der Waals surface area contributed by atoms with Crippen LogP contribution in [-0.2, 0) is 4.74 Å². The molecule has 3 nitrogen and oxygen atoms in total. The molecule has 0 unspecified atom stereocenters. The largest absolute Gasteiger partial charge is 0.465 e. The van der Waals surface area contributed by atoms with Crippen LogP contribution in [0, 0.1) is 5.92 Å². The summed E-state index contributed by atoms with van der Waals surface area (Å²) in [6.07, 6.45) is 5.75. The van der Waals surface area contributed by atoms with Crippen molar-refractivity contribution < 1.29 is 9.53 Å². The van der Waals surface area contributed by atoms with Crippen LogP contribution in [0.25, 0.3) is 0 Å². The van der Waals surface area contributed by atoms with E-state index in [-0.39, 0.29) is 12.0 Å². The van der Waals surface area contributed by atoms with E-state index in [0.717, 1.165) is 6.42 Å². The molecule has 3 atom stereocenters. The van der Waals surface area contributed by atoms with Crippen LogP contribution in [0.5, 0.6) is 0 Å². The van der Waals surface area contributed by atoms with Gasteiger partial charge >= 0.3 is 5.97 Å². The number of methoxy groups -OCH3 is 1. The summed E-state index contributed by atoms with van der Waals surface area (Å²) in [5.74, 6) is 1.21. The predicted octanol–water partition coefficient (Wildman–Crippen LogP) is 5.42. The minimum atomic E-state index is -0.292. The van der Waals surface area contributed by atoms with Crippen molar-refractivity contribution in [2.75, 3.05) is 12.4 Å². The molecule has 1 N–H and O–H groups in total. The number of carbonyl (C=O) groups is 1. The molecule has 4 rings (SSSR count). The lowest BCUT2D eigenvalue weighted by atomic mass is 9.76. The van der Waals surface area contributed by atoms with E-state index in [4.69, 9.17) is 4.74 Å². The smallest absolute Gasteiger partial charge is 0.337 e. The van der Waals surface area contributed by atoms with Crippen LogP contribution in [0.15, 0.2) is 54.6 Å². The fourth-order valence-corrected chi connectivity index (χ4v) is 4.25. The maximum Gasteiger partial charge on any atom is 0.337 e. The molecule has 0 spiro atoms. The molecule has 2 aromatic carbocycles. The van der Waals surface area contributed by atoms with Gasteiger partial charge < -0.3 is 10.1 Å². The van der Waals surface area contributed by atoms with E-state index >= 15 is 0 Å². The van der Waals surface area contributed by atoms with Crippen LogP contribution < -0.4 is 5.32 Å². The zero-order valence-electron chi connectivity index (χ0n) is 15.5. The van der Waals surface area contributed by atoms with E-state index in [0.29, 0.717) is 23.3 Å². The molecule has 0 radical (unpaired) electrons. The van der Waals surface area contributed by atoms with Crippen molar-refractivity contribution in [2.24, 2.45) is 5.92 Å². The molecule has 0 saturated heterocycles. The zero-order chi connectivity index (χ0) is 18.3. The van der Waals surface area contributed by atoms with Gasteiger partial charge in [-0.25, -0.2) is 4.79 Å². The quantitative estimate of drug-likeness (QED) is 0.595. The van der Waals surface area contributed by atoms with Crippen LogP contribution in [0.3, 0.4) is 0 Å². The Hall–Kier alpha value is -2.55.